The van der Waals surface area contributed by atoms with E-state index in [1.165, 1.54) is 24.0 Å². The van der Waals surface area contributed by atoms with E-state index in [0.29, 0.717) is 6.04 Å². The highest BCUT2D eigenvalue weighted by molar-refractivity contribution is 5.88. The number of aromatic nitrogens is 2. The molecule has 6 heteroatoms. The summed E-state index contributed by atoms with van der Waals surface area (Å²) in [7, 11) is 0. The van der Waals surface area contributed by atoms with Gasteiger partial charge in [0.2, 0.25) is 5.95 Å². The first-order valence-electron chi connectivity index (χ1n) is 12.0. The van der Waals surface area contributed by atoms with Crippen molar-refractivity contribution in [2.75, 3.05) is 12.3 Å². The molecule has 1 saturated heterocycles. The number of hydrogen-bond donors (Lipinski definition) is 2. The van der Waals surface area contributed by atoms with E-state index in [-0.39, 0.29) is 17.8 Å². The first-order chi connectivity index (χ1) is 16.6. The number of rotatable bonds is 4. The predicted molar refractivity (Wildman–Crippen MR) is 134 cm³/mol. The third-order valence-electron chi connectivity index (χ3n) is 7.33. The van der Waals surface area contributed by atoms with Crippen molar-refractivity contribution < 1.29 is 4.39 Å². The van der Waals surface area contributed by atoms with Gasteiger partial charge in [-0.05, 0) is 78.4 Å². The van der Waals surface area contributed by atoms with Gasteiger partial charge in [-0.2, -0.15) is 0 Å². The second kappa shape index (κ2) is 8.46. The lowest BCUT2D eigenvalue weighted by Gasteiger charge is -2.23. The third-order valence-corrected chi connectivity index (χ3v) is 7.33. The molecule has 4 aromatic rings. The van der Waals surface area contributed by atoms with E-state index >= 15 is 0 Å². The van der Waals surface area contributed by atoms with E-state index in [9.17, 15) is 4.39 Å². The summed E-state index contributed by atoms with van der Waals surface area (Å²) < 4.78 is 14.4. The molecule has 0 bridgehead atoms. The van der Waals surface area contributed by atoms with Crippen LogP contribution in [-0.2, 0) is 13.1 Å². The Hall–Kier alpha value is -3.35. The molecule has 0 saturated carbocycles. The normalized spacial score (nSPS) is 20.2. The number of fused-ring (bicyclic) bond motifs is 2. The van der Waals surface area contributed by atoms with Crippen molar-refractivity contribution in [3.05, 3.63) is 88.9 Å². The summed E-state index contributed by atoms with van der Waals surface area (Å²) in [5.74, 6) is 0.0318. The summed E-state index contributed by atoms with van der Waals surface area (Å²) >= 11 is 0. The molecule has 2 unspecified atom stereocenters. The smallest absolute Gasteiger partial charge is 0.220 e. The van der Waals surface area contributed by atoms with Crippen LogP contribution in [0, 0.1) is 5.82 Å². The van der Waals surface area contributed by atoms with Crippen LogP contribution in [0.25, 0.3) is 22.0 Å². The molecule has 2 aliphatic heterocycles. The minimum absolute atomic E-state index is 0.0586. The van der Waals surface area contributed by atoms with Crippen LogP contribution < -0.4 is 11.1 Å². The number of nitrogens with zero attached hydrogens (tertiary/aromatic N) is 3. The van der Waals surface area contributed by atoms with Crippen LogP contribution in [0.5, 0.6) is 0 Å². The minimum Gasteiger partial charge on any atom is -0.368 e. The fourth-order valence-electron chi connectivity index (χ4n) is 5.50. The number of likely N-dealkylation sites (tertiary alicyclic amines) is 1. The Balaban J connectivity index is 1.47. The van der Waals surface area contributed by atoms with Crippen molar-refractivity contribution in [1.29, 1.82) is 0 Å². The molecule has 5 nitrogen and oxygen atoms in total. The number of benzene rings is 3. The highest BCUT2D eigenvalue weighted by Gasteiger charge is 2.27. The topological polar surface area (TPSA) is 67.1 Å². The fraction of sp³-hybridized carbons (Fsp3) is 0.286. The third kappa shape index (κ3) is 3.73. The first kappa shape index (κ1) is 21.2. The predicted octanol–water partition coefficient (Wildman–Crippen LogP) is 5.20. The van der Waals surface area contributed by atoms with Gasteiger partial charge in [0.15, 0.2) is 0 Å². The standard InChI is InChI=1S/C28H28FN5/c1-17-5-4-12-34(17)16-20-8-10-21(29)14-23(20)18-9-11-25-24(13-18)27(33-28(30)32-25)26-22-7-3-2-6-19(22)15-31-26/h2-3,6-11,13-14,17,26,31H,4-5,12,15-16H2,1H3,(H2,30,32,33). The van der Waals surface area contributed by atoms with E-state index < -0.39 is 0 Å². The second-order valence-corrected chi connectivity index (χ2v) is 9.47. The summed E-state index contributed by atoms with van der Waals surface area (Å²) in [5, 5.41) is 4.51. The van der Waals surface area contributed by atoms with E-state index in [4.69, 9.17) is 5.73 Å². The molecule has 3 aromatic carbocycles. The van der Waals surface area contributed by atoms with Crippen LogP contribution in [0.4, 0.5) is 10.3 Å². The van der Waals surface area contributed by atoms with Crippen molar-refractivity contribution in [2.45, 2.75) is 44.9 Å². The molecular formula is C28H28FN5. The zero-order valence-corrected chi connectivity index (χ0v) is 19.3. The maximum atomic E-state index is 14.4. The van der Waals surface area contributed by atoms with Crippen molar-refractivity contribution in [2.24, 2.45) is 0 Å². The van der Waals surface area contributed by atoms with Gasteiger partial charge >= 0.3 is 0 Å². The van der Waals surface area contributed by atoms with Gasteiger partial charge in [0.25, 0.3) is 0 Å². The SMILES string of the molecule is CC1CCCN1Cc1ccc(F)cc1-c1ccc2nc(N)nc(C3NCc4ccccc43)c2c1. The molecular weight excluding hydrogens is 425 g/mol. The molecule has 0 spiro atoms. The Morgan fingerprint density at radius 3 is 2.82 bits per heavy atom. The van der Waals surface area contributed by atoms with Gasteiger partial charge in [-0.25, -0.2) is 14.4 Å². The van der Waals surface area contributed by atoms with Crippen LogP contribution >= 0.6 is 0 Å². The molecule has 0 aliphatic carbocycles. The lowest BCUT2D eigenvalue weighted by molar-refractivity contribution is 0.260. The van der Waals surface area contributed by atoms with Gasteiger partial charge < -0.3 is 11.1 Å². The molecule has 1 fully saturated rings. The number of nitrogen functional groups attached to an aromatic ring is 1. The van der Waals surface area contributed by atoms with E-state index in [1.807, 2.05) is 18.2 Å². The molecule has 0 radical (unpaired) electrons. The maximum absolute atomic E-state index is 14.4. The fourth-order valence-corrected chi connectivity index (χ4v) is 5.50. The maximum Gasteiger partial charge on any atom is 0.220 e. The highest BCUT2D eigenvalue weighted by Crippen LogP contribution is 2.36. The van der Waals surface area contributed by atoms with Gasteiger partial charge in [0, 0.05) is 24.5 Å². The van der Waals surface area contributed by atoms with Crippen LogP contribution in [0.3, 0.4) is 0 Å². The van der Waals surface area contributed by atoms with Crippen LogP contribution in [-0.4, -0.2) is 27.5 Å². The lowest BCUT2D eigenvalue weighted by Crippen LogP contribution is -2.26. The number of nitrogens with two attached hydrogens (primary N) is 1. The van der Waals surface area contributed by atoms with Gasteiger partial charge in [-0.3, -0.25) is 4.90 Å². The second-order valence-electron chi connectivity index (χ2n) is 9.47. The number of anilines is 1. The number of nitrogens with one attached hydrogen (secondary N) is 1. The Kier molecular flexibility index (Phi) is 5.27. The average Bonchev–Trinajstić information content (AvgIpc) is 3.45. The molecule has 6 rings (SSSR count). The Morgan fingerprint density at radius 1 is 1.09 bits per heavy atom. The van der Waals surface area contributed by atoms with Crippen molar-refractivity contribution in [3.63, 3.8) is 0 Å². The monoisotopic (exact) mass is 453 g/mol. The Bertz CT molecular complexity index is 1380. The van der Waals surface area contributed by atoms with Crippen molar-refractivity contribution >= 4 is 16.9 Å². The summed E-state index contributed by atoms with van der Waals surface area (Å²) in [6.45, 7) is 4.96. The summed E-state index contributed by atoms with van der Waals surface area (Å²) in [5.41, 5.74) is 13.3. The highest BCUT2D eigenvalue weighted by atomic mass is 19.1. The Labute approximate surface area is 198 Å². The van der Waals surface area contributed by atoms with E-state index in [1.54, 1.807) is 12.1 Å². The molecule has 3 heterocycles. The Morgan fingerprint density at radius 2 is 1.97 bits per heavy atom. The van der Waals surface area contributed by atoms with E-state index in [2.05, 4.69) is 57.4 Å². The summed E-state index contributed by atoms with van der Waals surface area (Å²) in [6.07, 6.45) is 2.43. The molecule has 2 atom stereocenters. The largest absolute Gasteiger partial charge is 0.368 e. The molecule has 1 aromatic heterocycles. The zero-order valence-electron chi connectivity index (χ0n) is 19.3. The lowest BCUT2D eigenvalue weighted by atomic mass is 9.95. The molecule has 3 N–H and O–H groups in total. The molecule has 172 valence electrons. The van der Waals surface area contributed by atoms with Crippen LogP contribution in [0.2, 0.25) is 0 Å². The van der Waals surface area contributed by atoms with Gasteiger partial charge in [0.1, 0.15) is 5.82 Å². The summed E-state index contributed by atoms with van der Waals surface area (Å²) in [6, 6.07) is 20.1. The van der Waals surface area contributed by atoms with Gasteiger partial charge in [-0.15, -0.1) is 0 Å². The molecule has 2 aliphatic rings. The molecule has 34 heavy (non-hydrogen) atoms. The molecule has 0 amide bonds. The van der Waals surface area contributed by atoms with Gasteiger partial charge in [0.05, 0.1) is 17.3 Å². The van der Waals surface area contributed by atoms with Crippen molar-refractivity contribution in [1.82, 2.24) is 20.2 Å². The summed E-state index contributed by atoms with van der Waals surface area (Å²) in [4.78, 5) is 11.6. The number of halogens is 1. The average molecular weight is 454 g/mol. The van der Waals surface area contributed by atoms with Gasteiger partial charge in [-0.1, -0.05) is 36.4 Å². The minimum atomic E-state index is -0.228. The van der Waals surface area contributed by atoms with Crippen molar-refractivity contribution in [3.8, 4) is 11.1 Å². The first-order valence-corrected chi connectivity index (χ1v) is 12.0. The van der Waals surface area contributed by atoms with Crippen LogP contribution in [0.1, 0.15) is 48.2 Å². The zero-order chi connectivity index (χ0) is 23.2. The van der Waals surface area contributed by atoms with Crippen LogP contribution in [0.15, 0.2) is 60.7 Å². The van der Waals surface area contributed by atoms with E-state index in [0.717, 1.165) is 52.9 Å². The number of hydrogen-bond acceptors (Lipinski definition) is 5. The quantitative estimate of drug-likeness (QED) is 0.445.